The Hall–Kier alpha value is -0.630. The molecule has 0 spiro atoms. The summed E-state index contributed by atoms with van der Waals surface area (Å²) in [6.45, 7) is 6.96. The molecule has 4 aliphatic carbocycles. The van der Waals surface area contributed by atoms with Crippen LogP contribution in [0, 0.1) is 28.6 Å². The maximum absolute atomic E-state index is 12.0. The topological polar surface area (TPSA) is 37.3 Å². The third-order valence-electron chi connectivity index (χ3n) is 8.86. The van der Waals surface area contributed by atoms with Crippen LogP contribution in [0.2, 0.25) is 0 Å². The van der Waals surface area contributed by atoms with E-state index in [1.54, 1.807) is 5.57 Å². The third-order valence-corrected chi connectivity index (χ3v) is 8.86. The van der Waals surface area contributed by atoms with Gasteiger partial charge in [0.25, 0.3) is 0 Å². The Bertz CT molecular complexity index is 564. The molecule has 0 aromatic rings. The molecule has 6 atom stereocenters. The smallest absolute Gasteiger partial charge is 0.133 e. The van der Waals surface area contributed by atoms with Crippen LogP contribution in [0.15, 0.2) is 11.6 Å². The second-order valence-electron chi connectivity index (χ2n) is 9.34. The molecule has 0 aliphatic heterocycles. The second-order valence-corrected chi connectivity index (χ2v) is 9.34. The van der Waals surface area contributed by atoms with Gasteiger partial charge in [-0.15, -0.1) is 0 Å². The molecular weight excluding hydrogens is 284 g/mol. The van der Waals surface area contributed by atoms with E-state index in [1.165, 1.54) is 12.8 Å². The number of carbonyl (C=O) groups is 1. The number of fused-ring (bicyclic) bond motifs is 5. The van der Waals surface area contributed by atoms with Crippen molar-refractivity contribution in [2.75, 3.05) is 0 Å². The van der Waals surface area contributed by atoms with Gasteiger partial charge in [0.15, 0.2) is 0 Å². The minimum Gasteiger partial charge on any atom is -0.389 e. The van der Waals surface area contributed by atoms with Crippen LogP contribution < -0.4 is 0 Å². The minimum atomic E-state index is -0.538. The number of hydrogen-bond acceptors (Lipinski definition) is 2. The fourth-order valence-electron chi connectivity index (χ4n) is 7.31. The van der Waals surface area contributed by atoms with Gasteiger partial charge in [-0.2, -0.15) is 0 Å². The Labute approximate surface area is 140 Å². The molecule has 2 unspecified atom stereocenters. The van der Waals surface area contributed by atoms with Gasteiger partial charge in [0.2, 0.25) is 0 Å². The molecule has 4 saturated carbocycles. The average molecular weight is 316 g/mol. The first-order valence-electron chi connectivity index (χ1n) is 9.75. The van der Waals surface area contributed by atoms with Gasteiger partial charge in [-0.3, -0.25) is 4.79 Å². The molecule has 0 aromatic heterocycles. The van der Waals surface area contributed by atoms with Crippen molar-refractivity contribution in [3.63, 3.8) is 0 Å². The van der Waals surface area contributed by atoms with E-state index in [0.717, 1.165) is 32.1 Å². The predicted octanol–water partition coefficient (Wildman–Crippen LogP) is 4.66. The molecule has 0 heterocycles. The Morgan fingerprint density at radius 1 is 1.04 bits per heavy atom. The van der Waals surface area contributed by atoms with E-state index in [4.69, 9.17) is 0 Å². The van der Waals surface area contributed by atoms with Gasteiger partial charge in [0.05, 0.1) is 5.60 Å². The molecule has 4 fully saturated rings. The SMILES string of the molecule is CC=C1CCC2C3CC[C@@H]4CC(=O)CC[C@]4(C)[C@@]3(O)CC[C@]12C. The lowest BCUT2D eigenvalue weighted by atomic mass is 9.43. The average Bonchev–Trinajstić information content (AvgIpc) is 2.86. The Kier molecular flexibility index (Phi) is 3.41. The van der Waals surface area contributed by atoms with Crippen LogP contribution in [0.5, 0.6) is 0 Å². The summed E-state index contributed by atoms with van der Waals surface area (Å²) in [5, 5.41) is 11.9. The summed E-state index contributed by atoms with van der Waals surface area (Å²) in [7, 11) is 0. The van der Waals surface area contributed by atoms with Gasteiger partial charge in [0.1, 0.15) is 5.78 Å². The zero-order valence-electron chi connectivity index (χ0n) is 15.0. The summed E-state index contributed by atoms with van der Waals surface area (Å²) in [5.74, 6) is 1.92. The zero-order valence-corrected chi connectivity index (χ0v) is 15.0. The zero-order chi connectivity index (χ0) is 16.5. The van der Waals surface area contributed by atoms with E-state index in [2.05, 4.69) is 26.8 Å². The first-order valence-corrected chi connectivity index (χ1v) is 9.75. The standard InChI is InChI=1S/C21H32O2/c1-4-14-5-7-17-18-8-6-15-13-16(22)9-10-20(15,3)21(18,23)12-11-19(14,17)2/h4,15,17-18,23H,5-13H2,1-3H3/t15-,17?,18?,19-,20+,21-/m1/s1. The van der Waals surface area contributed by atoms with Crippen LogP contribution in [0.4, 0.5) is 0 Å². The minimum absolute atomic E-state index is 0.0379. The van der Waals surface area contributed by atoms with Crippen molar-refractivity contribution in [1.29, 1.82) is 0 Å². The quantitative estimate of drug-likeness (QED) is 0.660. The number of Topliss-reactive ketones (excluding diaryl/α,β-unsaturated/α-hetero) is 1. The summed E-state index contributed by atoms with van der Waals surface area (Å²) in [6.07, 6.45) is 11.5. The summed E-state index contributed by atoms with van der Waals surface area (Å²) < 4.78 is 0. The van der Waals surface area contributed by atoms with Gasteiger partial charge in [-0.25, -0.2) is 0 Å². The number of allylic oxidation sites excluding steroid dienone is 2. The number of carbonyl (C=O) groups excluding carboxylic acids is 1. The summed E-state index contributed by atoms with van der Waals surface area (Å²) in [6, 6.07) is 0. The van der Waals surface area contributed by atoms with Crippen LogP contribution in [-0.4, -0.2) is 16.5 Å². The Morgan fingerprint density at radius 3 is 2.57 bits per heavy atom. The van der Waals surface area contributed by atoms with Gasteiger partial charge in [0, 0.05) is 18.3 Å². The van der Waals surface area contributed by atoms with Crippen molar-refractivity contribution in [2.45, 2.75) is 84.2 Å². The summed E-state index contributed by atoms with van der Waals surface area (Å²) in [4.78, 5) is 12.0. The van der Waals surface area contributed by atoms with Gasteiger partial charge in [-0.1, -0.05) is 25.5 Å². The molecule has 0 bridgehead atoms. The molecular formula is C21H32O2. The number of ketones is 1. The van der Waals surface area contributed by atoms with Crippen LogP contribution in [-0.2, 0) is 4.79 Å². The highest BCUT2D eigenvalue weighted by molar-refractivity contribution is 5.79. The van der Waals surface area contributed by atoms with E-state index in [-0.39, 0.29) is 5.41 Å². The maximum atomic E-state index is 12.0. The number of aliphatic hydroxyl groups is 1. The van der Waals surface area contributed by atoms with E-state index < -0.39 is 5.60 Å². The lowest BCUT2D eigenvalue weighted by Gasteiger charge is -2.64. The second kappa shape index (κ2) is 4.94. The highest BCUT2D eigenvalue weighted by Gasteiger charge is 2.66. The van der Waals surface area contributed by atoms with Crippen molar-refractivity contribution in [1.82, 2.24) is 0 Å². The largest absolute Gasteiger partial charge is 0.389 e. The number of hydrogen-bond donors (Lipinski definition) is 1. The molecule has 4 aliphatic rings. The molecule has 23 heavy (non-hydrogen) atoms. The monoisotopic (exact) mass is 316 g/mol. The van der Waals surface area contributed by atoms with E-state index in [9.17, 15) is 9.90 Å². The molecule has 4 rings (SSSR count). The molecule has 0 saturated heterocycles. The van der Waals surface area contributed by atoms with Crippen molar-refractivity contribution < 1.29 is 9.90 Å². The van der Waals surface area contributed by atoms with Crippen molar-refractivity contribution in [3.05, 3.63) is 11.6 Å². The molecule has 1 N–H and O–H groups in total. The van der Waals surface area contributed by atoms with Crippen LogP contribution in [0.1, 0.15) is 78.6 Å². The lowest BCUT2D eigenvalue weighted by Crippen LogP contribution is -2.65. The Morgan fingerprint density at radius 2 is 1.83 bits per heavy atom. The van der Waals surface area contributed by atoms with Crippen LogP contribution >= 0.6 is 0 Å². The summed E-state index contributed by atoms with van der Waals surface area (Å²) >= 11 is 0. The number of rotatable bonds is 0. The van der Waals surface area contributed by atoms with E-state index in [0.29, 0.717) is 41.8 Å². The third kappa shape index (κ3) is 1.88. The highest BCUT2D eigenvalue weighted by Crippen LogP contribution is 2.68. The van der Waals surface area contributed by atoms with Crippen molar-refractivity contribution >= 4 is 5.78 Å². The van der Waals surface area contributed by atoms with E-state index in [1.807, 2.05) is 0 Å². The molecule has 128 valence electrons. The summed E-state index contributed by atoms with van der Waals surface area (Å²) in [5.41, 5.74) is 1.38. The van der Waals surface area contributed by atoms with Crippen LogP contribution in [0.25, 0.3) is 0 Å². The molecule has 0 radical (unpaired) electrons. The van der Waals surface area contributed by atoms with Gasteiger partial charge in [-0.05, 0) is 75.0 Å². The van der Waals surface area contributed by atoms with Gasteiger partial charge < -0.3 is 5.11 Å². The highest BCUT2D eigenvalue weighted by atomic mass is 16.3. The predicted molar refractivity (Wildman–Crippen MR) is 92.0 cm³/mol. The van der Waals surface area contributed by atoms with Gasteiger partial charge >= 0.3 is 0 Å². The first-order chi connectivity index (χ1) is 10.8. The molecule has 0 amide bonds. The fourth-order valence-corrected chi connectivity index (χ4v) is 7.31. The van der Waals surface area contributed by atoms with Crippen molar-refractivity contribution in [3.8, 4) is 0 Å². The molecule has 2 heteroatoms. The molecule has 0 aromatic carbocycles. The first kappa shape index (κ1) is 15.9. The normalized spacial score (nSPS) is 54.5. The van der Waals surface area contributed by atoms with E-state index >= 15 is 0 Å². The molecule has 2 nitrogen and oxygen atoms in total. The Balaban J connectivity index is 1.72. The van der Waals surface area contributed by atoms with Crippen LogP contribution in [0.3, 0.4) is 0 Å². The maximum Gasteiger partial charge on any atom is 0.133 e. The van der Waals surface area contributed by atoms with Crippen molar-refractivity contribution in [2.24, 2.45) is 28.6 Å². The lowest BCUT2D eigenvalue weighted by molar-refractivity contribution is -0.227. The fraction of sp³-hybridized carbons (Fsp3) is 0.857.